The lowest BCUT2D eigenvalue weighted by atomic mass is 9.95. The van der Waals surface area contributed by atoms with Crippen LogP contribution < -0.4 is 0 Å². The van der Waals surface area contributed by atoms with Crippen LogP contribution in [0.25, 0.3) is 33.2 Å². The van der Waals surface area contributed by atoms with Gasteiger partial charge in [-0.15, -0.1) is 0 Å². The molecule has 1 aromatic heterocycles. The third-order valence-electron chi connectivity index (χ3n) is 3.91. The predicted molar refractivity (Wildman–Crippen MR) is 92.6 cm³/mol. The molecule has 1 heterocycles. The van der Waals surface area contributed by atoms with E-state index in [4.69, 9.17) is 0 Å². The fraction of sp³-hybridized carbons (Fsp3) is 0. The fourth-order valence-electron chi connectivity index (χ4n) is 2.84. The molecule has 1 nitrogen and oxygen atoms in total. The summed E-state index contributed by atoms with van der Waals surface area (Å²) in [5.74, 6) is 0. The van der Waals surface area contributed by atoms with Gasteiger partial charge in [-0.05, 0) is 40.5 Å². The monoisotopic (exact) mass is 281 g/mol. The van der Waals surface area contributed by atoms with E-state index in [0.717, 1.165) is 5.52 Å². The first-order valence-corrected chi connectivity index (χ1v) is 7.41. The summed E-state index contributed by atoms with van der Waals surface area (Å²) in [6.07, 6.45) is 1.85. The van der Waals surface area contributed by atoms with Crippen molar-refractivity contribution in [3.63, 3.8) is 0 Å². The van der Waals surface area contributed by atoms with E-state index in [1.807, 2.05) is 24.4 Å². The van der Waals surface area contributed by atoms with Crippen LogP contribution in [-0.2, 0) is 0 Å². The Kier molecular flexibility index (Phi) is 3.17. The van der Waals surface area contributed by atoms with E-state index in [2.05, 4.69) is 71.7 Å². The Morgan fingerprint density at radius 3 is 1.95 bits per heavy atom. The summed E-state index contributed by atoms with van der Waals surface area (Å²) < 4.78 is 0. The number of hydrogen-bond acceptors (Lipinski definition) is 1. The van der Waals surface area contributed by atoms with Crippen LogP contribution in [0.1, 0.15) is 0 Å². The minimum atomic E-state index is 1.03. The second kappa shape index (κ2) is 5.45. The lowest BCUT2D eigenvalue weighted by Gasteiger charge is -2.10. The smallest absolute Gasteiger partial charge is 0.0714 e. The zero-order valence-corrected chi connectivity index (χ0v) is 12.1. The van der Waals surface area contributed by atoms with Crippen molar-refractivity contribution in [1.29, 1.82) is 0 Å². The molecule has 0 spiro atoms. The van der Waals surface area contributed by atoms with E-state index < -0.39 is 0 Å². The standard InChI is InChI=1S/C21H15N/c1-3-8-16(9-4-1)18-14-20(17-10-5-2-6-11-17)19-12-7-13-22-21(19)15-18/h1-15H. The maximum atomic E-state index is 4.55. The van der Waals surface area contributed by atoms with Crippen molar-refractivity contribution in [2.24, 2.45) is 0 Å². The second-order valence-electron chi connectivity index (χ2n) is 5.33. The summed E-state index contributed by atoms with van der Waals surface area (Å²) in [6.45, 7) is 0. The van der Waals surface area contributed by atoms with Crippen molar-refractivity contribution in [2.75, 3.05) is 0 Å². The maximum absolute atomic E-state index is 4.55. The van der Waals surface area contributed by atoms with Crippen LogP contribution in [0.5, 0.6) is 0 Å². The fourth-order valence-corrected chi connectivity index (χ4v) is 2.84. The van der Waals surface area contributed by atoms with Crippen LogP contribution >= 0.6 is 0 Å². The highest BCUT2D eigenvalue weighted by Gasteiger charge is 2.08. The van der Waals surface area contributed by atoms with Gasteiger partial charge >= 0.3 is 0 Å². The molecule has 0 aliphatic carbocycles. The van der Waals surface area contributed by atoms with E-state index in [9.17, 15) is 0 Å². The number of benzene rings is 3. The van der Waals surface area contributed by atoms with Gasteiger partial charge in [-0.3, -0.25) is 4.98 Å². The van der Waals surface area contributed by atoms with Crippen molar-refractivity contribution in [2.45, 2.75) is 0 Å². The molecule has 0 amide bonds. The molecule has 4 aromatic rings. The summed E-state index contributed by atoms with van der Waals surface area (Å²) in [6, 6.07) is 29.5. The van der Waals surface area contributed by atoms with Crippen LogP contribution in [0.3, 0.4) is 0 Å². The number of rotatable bonds is 2. The largest absolute Gasteiger partial charge is 0.256 e. The first-order valence-electron chi connectivity index (χ1n) is 7.41. The molecule has 0 saturated heterocycles. The Morgan fingerprint density at radius 1 is 0.545 bits per heavy atom. The summed E-state index contributed by atoms with van der Waals surface area (Å²) in [5, 5.41) is 1.19. The highest BCUT2D eigenvalue weighted by Crippen LogP contribution is 2.33. The normalized spacial score (nSPS) is 10.7. The number of pyridine rings is 1. The number of hydrogen-bond donors (Lipinski definition) is 0. The topological polar surface area (TPSA) is 12.9 Å². The van der Waals surface area contributed by atoms with E-state index in [-0.39, 0.29) is 0 Å². The first-order chi connectivity index (χ1) is 10.9. The Labute approximate surface area is 129 Å². The van der Waals surface area contributed by atoms with E-state index in [1.165, 1.54) is 27.6 Å². The highest BCUT2D eigenvalue weighted by atomic mass is 14.6. The molecule has 0 fully saturated rings. The first kappa shape index (κ1) is 12.8. The highest BCUT2D eigenvalue weighted by molar-refractivity contribution is 5.98. The molecule has 0 N–H and O–H groups in total. The molecule has 0 radical (unpaired) electrons. The van der Waals surface area contributed by atoms with E-state index in [1.54, 1.807) is 0 Å². The molecule has 104 valence electrons. The molecule has 4 rings (SSSR count). The zero-order chi connectivity index (χ0) is 14.8. The molecule has 0 aliphatic heterocycles. The minimum Gasteiger partial charge on any atom is -0.256 e. The van der Waals surface area contributed by atoms with Gasteiger partial charge in [0.2, 0.25) is 0 Å². The SMILES string of the molecule is c1ccc(-c2cc(-c3ccccc3)c3cccnc3c2)cc1. The maximum Gasteiger partial charge on any atom is 0.0714 e. The number of nitrogens with zero attached hydrogens (tertiary/aromatic N) is 1. The molecule has 0 aliphatic rings. The Bertz CT molecular complexity index is 912. The van der Waals surface area contributed by atoms with Gasteiger partial charge in [0, 0.05) is 11.6 Å². The van der Waals surface area contributed by atoms with Gasteiger partial charge in [0.1, 0.15) is 0 Å². The molecule has 1 heteroatoms. The van der Waals surface area contributed by atoms with Crippen LogP contribution in [-0.4, -0.2) is 4.98 Å². The van der Waals surface area contributed by atoms with Crippen LogP contribution in [0.2, 0.25) is 0 Å². The molecular weight excluding hydrogens is 266 g/mol. The third-order valence-corrected chi connectivity index (χ3v) is 3.91. The van der Waals surface area contributed by atoms with Gasteiger partial charge < -0.3 is 0 Å². The Balaban J connectivity index is 2.02. The molecule has 3 aromatic carbocycles. The van der Waals surface area contributed by atoms with E-state index >= 15 is 0 Å². The van der Waals surface area contributed by atoms with Crippen molar-refractivity contribution < 1.29 is 0 Å². The average Bonchev–Trinajstić information content (AvgIpc) is 2.62. The van der Waals surface area contributed by atoms with Crippen molar-refractivity contribution in [1.82, 2.24) is 4.98 Å². The van der Waals surface area contributed by atoms with Gasteiger partial charge in [0.25, 0.3) is 0 Å². The van der Waals surface area contributed by atoms with Crippen LogP contribution in [0, 0.1) is 0 Å². The van der Waals surface area contributed by atoms with E-state index in [0.29, 0.717) is 0 Å². The molecule has 0 atom stereocenters. The quantitative estimate of drug-likeness (QED) is 0.468. The minimum absolute atomic E-state index is 1.03. The van der Waals surface area contributed by atoms with Crippen molar-refractivity contribution in [3.05, 3.63) is 91.1 Å². The molecule has 0 bridgehead atoms. The third kappa shape index (κ3) is 2.27. The predicted octanol–water partition coefficient (Wildman–Crippen LogP) is 5.57. The molecule has 0 saturated carbocycles. The molecule has 0 unspecified atom stereocenters. The lowest BCUT2D eigenvalue weighted by Crippen LogP contribution is -1.87. The average molecular weight is 281 g/mol. The van der Waals surface area contributed by atoms with Crippen molar-refractivity contribution in [3.8, 4) is 22.3 Å². The lowest BCUT2D eigenvalue weighted by molar-refractivity contribution is 1.41. The van der Waals surface area contributed by atoms with Gasteiger partial charge in [0.05, 0.1) is 5.52 Å². The molecule has 22 heavy (non-hydrogen) atoms. The van der Waals surface area contributed by atoms with Gasteiger partial charge in [-0.1, -0.05) is 66.7 Å². The van der Waals surface area contributed by atoms with Gasteiger partial charge in [-0.25, -0.2) is 0 Å². The molecular formula is C21H15N. The van der Waals surface area contributed by atoms with Crippen LogP contribution in [0.4, 0.5) is 0 Å². The van der Waals surface area contributed by atoms with Gasteiger partial charge in [-0.2, -0.15) is 0 Å². The number of aromatic nitrogens is 1. The summed E-state index contributed by atoms with van der Waals surface area (Å²) in [5.41, 5.74) is 5.89. The Hall–Kier alpha value is -2.93. The summed E-state index contributed by atoms with van der Waals surface area (Å²) in [7, 11) is 0. The van der Waals surface area contributed by atoms with Crippen LogP contribution in [0.15, 0.2) is 91.1 Å². The van der Waals surface area contributed by atoms with Gasteiger partial charge in [0.15, 0.2) is 0 Å². The second-order valence-corrected chi connectivity index (χ2v) is 5.33. The zero-order valence-electron chi connectivity index (χ0n) is 12.1. The van der Waals surface area contributed by atoms with Crippen molar-refractivity contribution >= 4 is 10.9 Å². The Morgan fingerprint density at radius 2 is 1.23 bits per heavy atom. The number of fused-ring (bicyclic) bond motifs is 1. The summed E-state index contributed by atoms with van der Waals surface area (Å²) in [4.78, 5) is 4.55. The summed E-state index contributed by atoms with van der Waals surface area (Å²) >= 11 is 0.